The standard InChI is InChI=1S/C19H18N4O/c1-14-5-4-7-15(11-14)23-19(24)18-9-8-17(13-22-18)21-12-16-6-2-3-10-20-16/h2-11,13,21H,12H2,1H3,(H,23,24). The minimum Gasteiger partial charge on any atom is -0.378 e. The molecule has 2 aromatic heterocycles. The van der Waals surface area contributed by atoms with Gasteiger partial charge in [-0.05, 0) is 48.9 Å². The summed E-state index contributed by atoms with van der Waals surface area (Å²) in [6.07, 6.45) is 3.40. The third-order valence-electron chi connectivity index (χ3n) is 3.47. The second-order valence-electron chi connectivity index (χ2n) is 5.43. The minimum absolute atomic E-state index is 0.225. The fourth-order valence-corrected chi connectivity index (χ4v) is 2.25. The summed E-state index contributed by atoms with van der Waals surface area (Å²) in [7, 11) is 0. The quantitative estimate of drug-likeness (QED) is 0.753. The largest absolute Gasteiger partial charge is 0.378 e. The van der Waals surface area contributed by atoms with Gasteiger partial charge in [-0.25, -0.2) is 4.98 Å². The lowest BCUT2D eigenvalue weighted by Crippen LogP contribution is -2.13. The first kappa shape index (κ1) is 15.7. The van der Waals surface area contributed by atoms with Crippen LogP contribution in [0.5, 0.6) is 0 Å². The predicted molar refractivity (Wildman–Crippen MR) is 94.9 cm³/mol. The molecule has 0 radical (unpaired) electrons. The molecule has 0 aliphatic rings. The Hall–Kier alpha value is -3.21. The number of carbonyl (C=O) groups is 1. The molecule has 3 rings (SSSR count). The number of pyridine rings is 2. The number of benzene rings is 1. The molecule has 2 heterocycles. The maximum atomic E-state index is 12.2. The summed E-state index contributed by atoms with van der Waals surface area (Å²) in [4.78, 5) is 20.7. The van der Waals surface area contributed by atoms with E-state index in [1.54, 1.807) is 18.5 Å². The van der Waals surface area contributed by atoms with Gasteiger partial charge in [0.1, 0.15) is 5.69 Å². The van der Waals surface area contributed by atoms with Crippen LogP contribution in [0.4, 0.5) is 11.4 Å². The number of nitrogens with one attached hydrogen (secondary N) is 2. The van der Waals surface area contributed by atoms with Crippen LogP contribution in [-0.4, -0.2) is 15.9 Å². The zero-order valence-corrected chi connectivity index (χ0v) is 13.4. The molecule has 0 aliphatic heterocycles. The number of hydrogen-bond acceptors (Lipinski definition) is 4. The molecule has 0 saturated carbocycles. The predicted octanol–water partition coefficient (Wildman–Crippen LogP) is 3.65. The second kappa shape index (κ2) is 7.37. The Balaban J connectivity index is 1.60. The first-order valence-corrected chi connectivity index (χ1v) is 7.68. The van der Waals surface area contributed by atoms with Crippen molar-refractivity contribution in [2.24, 2.45) is 0 Å². The number of carbonyl (C=O) groups excluding carboxylic acids is 1. The summed E-state index contributed by atoms with van der Waals surface area (Å²) in [6, 6.07) is 17.0. The topological polar surface area (TPSA) is 66.9 Å². The number of aryl methyl sites for hydroxylation is 1. The Bertz CT molecular complexity index is 816. The van der Waals surface area contributed by atoms with Gasteiger partial charge in [0, 0.05) is 11.9 Å². The number of rotatable bonds is 5. The van der Waals surface area contributed by atoms with Crippen molar-refractivity contribution in [3.8, 4) is 0 Å². The molecular formula is C19H18N4O. The zero-order chi connectivity index (χ0) is 16.8. The molecule has 0 atom stereocenters. The molecule has 3 aromatic rings. The van der Waals surface area contributed by atoms with E-state index in [1.165, 1.54) is 0 Å². The van der Waals surface area contributed by atoms with Crippen LogP contribution in [-0.2, 0) is 6.54 Å². The van der Waals surface area contributed by atoms with Crippen LogP contribution in [0, 0.1) is 6.92 Å². The van der Waals surface area contributed by atoms with E-state index in [2.05, 4.69) is 20.6 Å². The van der Waals surface area contributed by atoms with Crippen LogP contribution >= 0.6 is 0 Å². The van der Waals surface area contributed by atoms with Gasteiger partial charge in [0.05, 0.1) is 24.1 Å². The minimum atomic E-state index is -0.225. The molecule has 5 heteroatoms. The van der Waals surface area contributed by atoms with E-state index in [0.29, 0.717) is 12.2 Å². The Labute approximate surface area is 140 Å². The van der Waals surface area contributed by atoms with E-state index in [1.807, 2.05) is 55.5 Å². The highest BCUT2D eigenvalue weighted by atomic mass is 16.1. The number of aromatic nitrogens is 2. The van der Waals surface area contributed by atoms with Crippen molar-refractivity contribution in [1.29, 1.82) is 0 Å². The molecule has 1 aromatic carbocycles. The molecular weight excluding hydrogens is 300 g/mol. The summed E-state index contributed by atoms with van der Waals surface area (Å²) in [5.41, 5.74) is 4.01. The second-order valence-corrected chi connectivity index (χ2v) is 5.43. The lowest BCUT2D eigenvalue weighted by atomic mass is 10.2. The van der Waals surface area contributed by atoms with Crippen molar-refractivity contribution >= 4 is 17.3 Å². The molecule has 0 saturated heterocycles. The smallest absolute Gasteiger partial charge is 0.274 e. The third kappa shape index (κ3) is 4.16. The van der Waals surface area contributed by atoms with Crippen molar-refractivity contribution in [1.82, 2.24) is 9.97 Å². The summed E-state index contributed by atoms with van der Waals surface area (Å²) in [5.74, 6) is -0.225. The van der Waals surface area contributed by atoms with Crippen molar-refractivity contribution in [3.05, 3.63) is 83.9 Å². The van der Waals surface area contributed by atoms with Gasteiger partial charge in [-0.1, -0.05) is 18.2 Å². The monoisotopic (exact) mass is 318 g/mol. The van der Waals surface area contributed by atoms with Crippen LogP contribution in [0.25, 0.3) is 0 Å². The highest BCUT2D eigenvalue weighted by Crippen LogP contribution is 2.12. The van der Waals surface area contributed by atoms with Gasteiger partial charge in [-0.15, -0.1) is 0 Å². The average molecular weight is 318 g/mol. The number of hydrogen-bond donors (Lipinski definition) is 2. The van der Waals surface area contributed by atoms with E-state index in [-0.39, 0.29) is 5.91 Å². The number of anilines is 2. The van der Waals surface area contributed by atoms with Crippen molar-refractivity contribution in [3.63, 3.8) is 0 Å². The average Bonchev–Trinajstić information content (AvgIpc) is 2.61. The van der Waals surface area contributed by atoms with Gasteiger partial charge < -0.3 is 10.6 Å². The van der Waals surface area contributed by atoms with Crippen molar-refractivity contribution in [2.75, 3.05) is 10.6 Å². The fourth-order valence-electron chi connectivity index (χ4n) is 2.25. The molecule has 0 bridgehead atoms. The van der Waals surface area contributed by atoms with Crippen molar-refractivity contribution in [2.45, 2.75) is 13.5 Å². The van der Waals surface area contributed by atoms with E-state index < -0.39 is 0 Å². The van der Waals surface area contributed by atoms with Gasteiger partial charge in [0.15, 0.2) is 0 Å². The summed E-state index contributed by atoms with van der Waals surface area (Å²) in [6.45, 7) is 2.59. The Morgan fingerprint density at radius 1 is 1.00 bits per heavy atom. The molecule has 120 valence electrons. The van der Waals surface area contributed by atoms with E-state index in [0.717, 1.165) is 22.6 Å². The Morgan fingerprint density at radius 2 is 1.92 bits per heavy atom. The highest BCUT2D eigenvalue weighted by molar-refractivity contribution is 6.02. The van der Waals surface area contributed by atoms with Crippen LogP contribution in [0.3, 0.4) is 0 Å². The van der Waals surface area contributed by atoms with Gasteiger partial charge in [-0.3, -0.25) is 9.78 Å². The van der Waals surface area contributed by atoms with Crippen LogP contribution in [0.15, 0.2) is 67.0 Å². The third-order valence-corrected chi connectivity index (χ3v) is 3.47. The highest BCUT2D eigenvalue weighted by Gasteiger charge is 2.07. The molecule has 0 fully saturated rings. The maximum absolute atomic E-state index is 12.2. The molecule has 0 aliphatic carbocycles. The first-order chi connectivity index (χ1) is 11.7. The van der Waals surface area contributed by atoms with E-state index >= 15 is 0 Å². The molecule has 0 spiro atoms. The van der Waals surface area contributed by atoms with Gasteiger partial charge in [0.25, 0.3) is 5.91 Å². The molecule has 5 nitrogen and oxygen atoms in total. The SMILES string of the molecule is Cc1cccc(NC(=O)c2ccc(NCc3ccccn3)cn2)c1. The molecule has 2 N–H and O–H groups in total. The molecule has 24 heavy (non-hydrogen) atoms. The maximum Gasteiger partial charge on any atom is 0.274 e. The number of nitrogens with zero attached hydrogens (tertiary/aromatic N) is 2. The number of amides is 1. The molecule has 1 amide bonds. The van der Waals surface area contributed by atoms with E-state index in [4.69, 9.17) is 0 Å². The summed E-state index contributed by atoms with van der Waals surface area (Å²) < 4.78 is 0. The van der Waals surface area contributed by atoms with E-state index in [9.17, 15) is 4.79 Å². The van der Waals surface area contributed by atoms with Crippen LogP contribution in [0.1, 0.15) is 21.7 Å². The van der Waals surface area contributed by atoms with Crippen LogP contribution < -0.4 is 10.6 Å². The normalized spacial score (nSPS) is 10.2. The van der Waals surface area contributed by atoms with Gasteiger partial charge in [0.2, 0.25) is 0 Å². The molecule has 0 unspecified atom stereocenters. The summed E-state index contributed by atoms with van der Waals surface area (Å²) >= 11 is 0. The zero-order valence-electron chi connectivity index (χ0n) is 13.4. The fraction of sp³-hybridized carbons (Fsp3) is 0.105. The van der Waals surface area contributed by atoms with Gasteiger partial charge in [-0.2, -0.15) is 0 Å². The van der Waals surface area contributed by atoms with Crippen LogP contribution in [0.2, 0.25) is 0 Å². The lowest BCUT2D eigenvalue weighted by molar-refractivity contribution is 0.102. The van der Waals surface area contributed by atoms with Crippen molar-refractivity contribution < 1.29 is 4.79 Å². The lowest BCUT2D eigenvalue weighted by Gasteiger charge is -2.08. The summed E-state index contributed by atoms with van der Waals surface area (Å²) in [5, 5.41) is 6.07. The first-order valence-electron chi connectivity index (χ1n) is 7.68. The Kier molecular flexibility index (Phi) is 4.81. The van der Waals surface area contributed by atoms with Gasteiger partial charge >= 0.3 is 0 Å². The Morgan fingerprint density at radius 3 is 2.62 bits per heavy atom.